The molecule has 0 spiro atoms. The van der Waals surface area contributed by atoms with Crippen LogP contribution in [0.5, 0.6) is 0 Å². The van der Waals surface area contributed by atoms with Gasteiger partial charge in [-0.05, 0) is 50.0 Å². The highest BCUT2D eigenvalue weighted by atomic mass is 32.2. The molecule has 0 heterocycles. The molecule has 0 aromatic rings. The number of nitrogens with zero attached hydrogens (tertiary/aromatic N) is 1. The number of aliphatic carboxylic acids is 1. The Morgan fingerprint density at radius 2 is 1.43 bits per heavy atom. The van der Waals surface area contributed by atoms with Gasteiger partial charge in [-0.15, -0.1) is 0 Å². The van der Waals surface area contributed by atoms with Crippen LogP contribution in [0.1, 0.15) is 52.4 Å². The fourth-order valence-corrected chi connectivity index (χ4v) is 3.69. The second-order valence-corrected chi connectivity index (χ2v) is 9.98. The Kier molecular flexibility index (Phi) is 16.7. The van der Waals surface area contributed by atoms with Crippen molar-refractivity contribution in [1.82, 2.24) is 16.0 Å². The van der Waals surface area contributed by atoms with Gasteiger partial charge in [0.05, 0.1) is 6.04 Å². The summed E-state index contributed by atoms with van der Waals surface area (Å²) >= 11 is 1.45. The number of thioether (sulfide) groups is 1. The molecule has 0 aromatic heterocycles. The summed E-state index contributed by atoms with van der Waals surface area (Å²) in [7, 11) is 0. The lowest BCUT2D eigenvalue weighted by Gasteiger charge is -2.26. The molecule has 4 unspecified atom stereocenters. The molecule has 0 aliphatic rings. The van der Waals surface area contributed by atoms with E-state index < -0.39 is 53.8 Å². The van der Waals surface area contributed by atoms with Gasteiger partial charge in [0.25, 0.3) is 0 Å². The third kappa shape index (κ3) is 15.6. The average molecular weight is 547 g/mol. The minimum atomic E-state index is -1.17. The number of nitrogens with two attached hydrogens (primary N) is 4. The maximum absolute atomic E-state index is 13.2. The van der Waals surface area contributed by atoms with Crippen molar-refractivity contribution in [2.45, 2.75) is 76.5 Å². The molecule has 4 amide bonds. The van der Waals surface area contributed by atoms with Crippen LogP contribution in [-0.2, 0) is 24.0 Å². The van der Waals surface area contributed by atoms with Crippen molar-refractivity contribution in [2.75, 3.05) is 18.6 Å². The molecule has 15 heteroatoms. The van der Waals surface area contributed by atoms with E-state index in [9.17, 15) is 29.1 Å². The molecule has 12 N–H and O–H groups in total. The number of carboxylic acids is 1. The average Bonchev–Trinajstić information content (AvgIpc) is 2.80. The van der Waals surface area contributed by atoms with Crippen molar-refractivity contribution < 1.29 is 29.1 Å². The second kappa shape index (κ2) is 18.2. The monoisotopic (exact) mass is 546 g/mol. The van der Waals surface area contributed by atoms with Gasteiger partial charge in [-0.25, -0.2) is 4.79 Å². The number of primary amides is 1. The molecule has 0 rings (SSSR count). The van der Waals surface area contributed by atoms with Crippen molar-refractivity contribution in [2.24, 2.45) is 33.8 Å². The summed E-state index contributed by atoms with van der Waals surface area (Å²) in [5, 5.41) is 17.1. The number of carbonyl (C=O) groups excluding carboxylic acids is 4. The van der Waals surface area contributed by atoms with Gasteiger partial charge in [0.1, 0.15) is 18.1 Å². The number of hydrogen-bond donors (Lipinski definition) is 8. The van der Waals surface area contributed by atoms with E-state index in [-0.39, 0.29) is 50.5 Å². The van der Waals surface area contributed by atoms with Gasteiger partial charge in [-0.2, -0.15) is 11.8 Å². The van der Waals surface area contributed by atoms with Crippen LogP contribution in [-0.4, -0.2) is 83.4 Å². The third-order valence-corrected chi connectivity index (χ3v) is 5.83. The zero-order valence-corrected chi connectivity index (χ0v) is 22.5. The molecule has 0 aliphatic carbocycles. The molecule has 0 saturated carbocycles. The zero-order chi connectivity index (χ0) is 28.5. The number of aliphatic imine (C=N–C) groups is 1. The lowest BCUT2D eigenvalue weighted by molar-refractivity contribution is -0.142. The van der Waals surface area contributed by atoms with Crippen molar-refractivity contribution in [3.8, 4) is 0 Å². The number of carboxylic acid groups (broad SMARTS) is 1. The van der Waals surface area contributed by atoms with Crippen LogP contribution in [0.4, 0.5) is 0 Å². The van der Waals surface area contributed by atoms with E-state index in [1.54, 1.807) is 0 Å². The van der Waals surface area contributed by atoms with Gasteiger partial charge in [-0.1, -0.05) is 13.8 Å². The van der Waals surface area contributed by atoms with Crippen molar-refractivity contribution in [1.29, 1.82) is 0 Å². The molecule has 14 nitrogen and oxygen atoms in total. The molecule has 4 atom stereocenters. The normalized spacial score (nSPS) is 14.1. The fourth-order valence-electron chi connectivity index (χ4n) is 3.22. The largest absolute Gasteiger partial charge is 0.480 e. The third-order valence-electron chi connectivity index (χ3n) is 5.18. The van der Waals surface area contributed by atoms with Crippen LogP contribution >= 0.6 is 11.8 Å². The van der Waals surface area contributed by atoms with Crippen LogP contribution in [0.3, 0.4) is 0 Å². The molecule has 0 fully saturated rings. The van der Waals surface area contributed by atoms with E-state index in [0.29, 0.717) is 12.2 Å². The second-order valence-electron chi connectivity index (χ2n) is 8.99. The number of guanidine groups is 1. The first-order valence-electron chi connectivity index (χ1n) is 12.0. The minimum Gasteiger partial charge on any atom is -0.480 e. The maximum atomic E-state index is 13.2. The Labute approximate surface area is 221 Å². The molecule has 0 radical (unpaired) electrons. The smallest absolute Gasteiger partial charge is 0.326 e. The first-order chi connectivity index (χ1) is 17.3. The van der Waals surface area contributed by atoms with E-state index in [1.165, 1.54) is 11.8 Å². The number of rotatable bonds is 19. The highest BCUT2D eigenvalue weighted by Crippen LogP contribution is 2.09. The van der Waals surface area contributed by atoms with Crippen molar-refractivity contribution in [3.05, 3.63) is 0 Å². The Morgan fingerprint density at radius 3 is 1.95 bits per heavy atom. The Bertz CT molecular complexity index is 806. The van der Waals surface area contributed by atoms with E-state index in [2.05, 4.69) is 20.9 Å². The molecule has 212 valence electrons. The molecule has 0 bridgehead atoms. The molecule has 0 saturated heterocycles. The minimum absolute atomic E-state index is 0.00545. The van der Waals surface area contributed by atoms with Gasteiger partial charge in [-0.3, -0.25) is 24.2 Å². The Morgan fingerprint density at radius 1 is 0.865 bits per heavy atom. The highest BCUT2D eigenvalue weighted by Gasteiger charge is 2.30. The van der Waals surface area contributed by atoms with Gasteiger partial charge >= 0.3 is 5.97 Å². The lowest BCUT2D eigenvalue weighted by Crippen LogP contribution is -2.57. The molecule has 0 aliphatic heterocycles. The van der Waals surface area contributed by atoms with Crippen LogP contribution in [0.25, 0.3) is 0 Å². The fraction of sp³-hybridized carbons (Fsp3) is 0.727. The topological polar surface area (TPSA) is 258 Å². The van der Waals surface area contributed by atoms with Crippen molar-refractivity contribution >= 4 is 47.3 Å². The zero-order valence-electron chi connectivity index (χ0n) is 21.7. The number of amides is 4. The van der Waals surface area contributed by atoms with E-state index in [4.69, 9.17) is 22.9 Å². The maximum Gasteiger partial charge on any atom is 0.326 e. The van der Waals surface area contributed by atoms with E-state index in [0.717, 1.165) is 0 Å². The predicted octanol–water partition coefficient (Wildman–Crippen LogP) is -2.03. The van der Waals surface area contributed by atoms with E-state index >= 15 is 0 Å². The first-order valence-corrected chi connectivity index (χ1v) is 13.4. The van der Waals surface area contributed by atoms with Gasteiger partial charge in [0, 0.05) is 13.0 Å². The quantitative estimate of drug-likeness (QED) is 0.0500. The van der Waals surface area contributed by atoms with E-state index in [1.807, 2.05) is 20.1 Å². The van der Waals surface area contributed by atoms with Crippen LogP contribution in [0.2, 0.25) is 0 Å². The summed E-state index contributed by atoms with van der Waals surface area (Å²) in [4.78, 5) is 65.1. The number of nitrogens with one attached hydrogen (secondary N) is 3. The molecular weight excluding hydrogens is 504 g/mol. The van der Waals surface area contributed by atoms with Gasteiger partial charge in [0.2, 0.25) is 23.6 Å². The lowest BCUT2D eigenvalue weighted by atomic mass is 10.0. The highest BCUT2D eigenvalue weighted by molar-refractivity contribution is 7.98. The predicted molar refractivity (Wildman–Crippen MR) is 142 cm³/mol. The molecular formula is C22H42N8O6S. The van der Waals surface area contributed by atoms with Crippen LogP contribution < -0.4 is 38.9 Å². The first kappa shape index (κ1) is 33.9. The van der Waals surface area contributed by atoms with Gasteiger partial charge < -0.3 is 44.0 Å². The molecule has 37 heavy (non-hydrogen) atoms. The number of carbonyl (C=O) groups is 5. The summed E-state index contributed by atoms with van der Waals surface area (Å²) in [6.45, 7) is 3.89. The van der Waals surface area contributed by atoms with Crippen LogP contribution in [0, 0.1) is 5.92 Å². The summed E-state index contributed by atoms with van der Waals surface area (Å²) in [6, 6.07) is -4.31. The Hall–Kier alpha value is -3.07. The van der Waals surface area contributed by atoms with Gasteiger partial charge in [0.15, 0.2) is 5.96 Å². The summed E-state index contributed by atoms with van der Waals surface area (Å²) in [5.74, 6) is -3.36. The summed E-state index contributed by atoms with van der Waals surface area (Å²) in [6.07, 6.45) is 2.62. The summed E-state index contributed by atoms with van der Waals surface area (Å²) in [5.41, 5.74) is 21.6. The summed E-state index contributed by atoms with van der Waals surface area (Å²) < 4.78 is 0. The van der Waals surface area contributed by atoms with Crippen molar-refractivity contribution in [3.63, 3.8) is 0 Å². The SMILES string of the molecule is CSCCC(NC(=O)C(CC(C)C)NC(=O)C(CCCN=C(N)N)NC(=O)C(N)CCC(N)=O)C(=O)O. The standard InChI is InChI=1S/C22H42N8O6S/c1-12(2)11-16(20(34)29-15(21(35)36)8-10-37-3)30-19(33)14(5-4-9-27-22(25)26)28-18(32)13(23)6-7-17(24)31/h12-16H,4-11,23H2,1-3H3,(H2,24,31)(H,28,32)(H,29,34)(H,30,33)(H,35,36)(H4,25,26,27). The number of hydrogen-bond acceptors (Lipinski definition) is 8. The molecule has 0 aromatic carbocycles. The Balaban J connectivity index is 5.58. The van der Waals surface area contributed by atoms with Crippen LogP contribution in [0.15, 0.2) is 4.99 Å².